The van der Waals surface area contributed by atoms with Crippen molar-refractivity contribution in [1.82, 2.24) is 15.8 Å². The Morgan fingerprint density at radius 2 is 1.67 bits per heavy atom. The normalized spacial score (nSPS) is 10.2. The fourth-order valence-electron chi connectivity index (χ4n) is 1.94. The van der Waals surface area contributed by atoms with Gasteiger partial charge in [-0.25, -0.2) is 0 Å². The number of amides is 2. The van der Waals surface area contributed by atoms with Crippen LogP contribution in [0.1, 0.15) is 32.2 Å². The molecule has 0 fully saturated rings. The maximum Gasteiger partial charge on any atom is 0.256 e. The SMILES string of the molecule is Cc1noc(C)c1C(=O)NCCNC(=O)c1ccccc1. The molecule has 0 saturated heterocycles. The van der Waals surface area contributed by atoms with E-state index in [1.54, 1.807) is 38.1 Å². The molecule has 0 bridgehead atoms. The number of nitrogens with zero attached hydrogens (tertiary/aromatic N) is 1. The molecule has 2 aromatic rings. The molecule has 6 heteroatoms. The Kier molecular flexibility index (Phi) is 4.71. The van der Waals surface area contributed by atoms with Crippen molar-refractivity contribution in [2.75, 3.05) is 13.1 Å². The largest absolute Gasteiger partial charge is 0.361 e. The fraction of sp³-hybridized carbons (Fsp3) is 0.267. The van der Waals surface area contributed by atoms with Gasteiger partial charge in [0.1, 0.15) is 11.3 Å². The van der Waals surface area contributed by atoms with E-state index in [-0.39, 0.29) is 11.8 Å². The first kappa shape index (κ1) is 14.8. The highest BCUT2D eigenvalue weighted by molar-refractivity contribution is 5.96. The Labute approximate surface area is 122 Å². The van der Waals surface area contributed by atoms with Crippen LogP contribution < -0.4 is 10.6 Å². The topological polar surface area (TPSA) is 84.2 Å². The van der Waals surface area contributed by atoms with Crippen molar-refractivity contribution in [1.29, 1.82) is 0 Å². The van der Waals surface area contributed by atoms with E-state index in [0.29, 0.717) is 35.7 Å². The second-order valence-electron chi connectivity index (χ2n) is 4.58. The molecule has 0 unspecified atom stereocenters. The van der Waals surface area contributed by atoms with Crippen molar-refractivity contribution in [2.45, 2.75) is 13.8 Å². The van der Waals surface area contributed by atoms with Gasteiger partial charge in [0.05, 0.1) is 5.69 Å². The van der Waals surface area contributed by atoms with Gasteiger partial charge in [-0.05, 0) is 26.0 Å². The molecular weight excluding hydrogens is 270 g/mol. The van der Waals surface area contributed by atoms with Crippen LogP contribution in [0.5, 0.6) is 0 Å². The highest BCUT2D eigenvalue weighted by atomic mass is 16.5. The zero-order valence-electron chi connectivity index (χ0n) is 12.0. The number of carbonyl (C=O) groups excluding carboxylic acids is 2. The zero-order chi connectivity index (χ0) is 15.2. The van der Waals surface area contributed by atoms with Gasteiger partial charge in [-0.3, -0.25) is 9.59 Å². The molecule has 0 radical (unpaired) electrons. The summed E-state index contributed by atoms with van der Waals surface area (Å²) in [6.45, 7) is 4.08. The van der Waals surface area contributed by atoms with Crippen LogP contribution in [0.15, 0.2) is 34.9 Å². The Bertz CT molecular complexity index is 615. The first-order valence-electron chi connectivity index (χ1n) is 6.64. The van der Waals surface area contributed by atoms with E-state index in [4.69, 9.17) is 4.52 Å². The minimum atomic E-state index is -0.250. The molecule has 0 aliphatic heterocycles. The fourth-order valence-corrected chi connectivity index (χ4v) is 1.94. The maximum atomic E-state index is 11.9. The van der Waals surface area contributed by atoms with Gasteiger partial charge in [-0.2, -0.15) is 0 Å². The van der Waals surface area contributed by atoms with Crippen molar-refractivity contribution < 1.29 is 14.1 Å². The second-order valence-corrected chi connectivity index (χ2v) is 4.58. The monoisotopic (exact) mass is 287 g/mol. The Hall–Kier alpha value is -2.63. The van der Waals surface area contributed by atoms with Gasteiger partial charge in [0.15, 0.2) is 0 Å². The molecular formula is C15H17N3O3. The van der Waals surface area contributed by atoms with Crippen molar-refractivity contribution in [2.24, 2.45) is 0 Å². The number of hydrogen-bond acceptors (Lipinski definition) is 4. The molecule has 1 heterocycles. The molecule has 2 N–H and O–H groups in total. The van der Waals surface area contributed by atoms with Gasteiger partial charge >= 0.3 is 0 Å². The predicted molar refractivity (Wildman–Crippen MR) is 77.1 cm³/mol. The summed E-state index contributed by atoms with van der Waals surface area (Å²) in [5.41, 5.74) is 1.59. The van der Waals surface area contributed by atoms with E-state index in [1.165, 1.54) is 0 Å². The summed E-state index contributed by atoms with van der Waals surface area (Å²) >= 11 is 0. The molecule has 1 aromatic carbocycles. The summed E-state index contributed by atoms with van der Waals surface area (Å²) in [5, 5.41) is 9.18. The average Bonchev–Trinajstić information content (AvgIpc) is 2.83. The van der Waals surface area contributed by atoms with E-state index in [2.05, 4.69) is 15.8 Å². The summed E-state index contributed by atoms with van der Waals surface area (Å²) in [6, 6.07) is 8.92. The first-order valence-corrected chi connectivity index (χ1v) is 6.64. The van der Waals surface area contributed by atoms with Gasteiger partial charge in [0.25, 0.3) is 11.8 Å². The number of benzene rings is 1. The highest BCUT2D eigenvalue weighted by Crippen LogP contribution is 2.11. The van der Waals surface area contributed by atoms with E-state index in [1.807, 2.05) is 6.07 Å². The minimum Gasteiger partial charge on any atom is -0.361 e. The van der Waals surface area contributed by atoms with Gasteiger partial charge in [-0.1, -0.05) is 23.4 Å². The zero-order valence-corrected chi connectivity index (χ0v) is 12.0. The summed E-state index contributed by atoms with van der Waals surface area (Å²) in [6.07, 6.45) is 0. The van der Waals surface area contributed by atoms with Crippen LogP contribution in [0.4, 0.5) is 0 Å². The highest BCUT2D eigenvalue weighted by Gasteiger charge is 2.16. The van der Waals surface area contributed by atoms with E-state index >= 15 is 0 Å². The van der Waals surface area contributed by atoms with Crippen molar-refractivity contribution in [3.05, 3.63) is 52.9 Å². The third-order valence-corrected chi connectivity index (χ3v) is 2.99. The molecule has 0 spiro atoms. The molecule has 1 aromatic heterocycles. The number of aromatic nitrogens is 1. The van der Waals surface area contributed by atoms with Crippen LogP contribution in [-0.4, -0.2) is 30.1 Å². The second kappa shape index (κ2) is 6.69. The third-order valence-electron chi connectivity index (χ3n) is 2.99. The van der Waals surface area contributed by atoms with Crippen LogP contribution in [0.3, 0.4) is 0 Å². The Balaban J connectivity index is 1.78. The lowest BCUT2D eigenvalue weighted by Crippen LogP contribution is -2.35. The number of aryl methyl sites for hydroxylation is 2. The van der Waals surface area contributed by atoms with Crippen molar-refractivity contribution in [3.8, 4) is 0 Å². The minimum absolute atomic E-state index is 0.165. The number of nitrogens with one attached hydrogen (secondary N) is 2. The molecule has 21 heavy (non-hydrogen) atoms. The van der Waals surface area contributed by atoms with Gasteiger partial charge in [0.2, 0.25) is 0 Å². The summed E-state index contributed by atoms with van der Waals surface area (Å²) in [4.78, 5) is 23.7. The van der Waals surface area contributed by atoms with Crippen LogP contribution in [0.25, 0.3) is 0 Å². The number of carbonyl (C=O) groups is 2. The van der Waals surface area contributed by atoms with Crippen LogP contribution in [-0.2, 0) is 0 Å². The van der Waals surface area contributed by atoms with Gasteiger partial charge in [-0.15, -0.1) is 0 Å². The third kappa shape index (κ3) is 3.68. The summed E-state index contributed by atoms with van der Waals surface area (Å²) in [7, 11) is 0. The number of hydrogen-bond donors (Lipinski definition) is 2. The molecule has 0 aliphatic carbocycles. The predicted octanol–water partition coefficient (Wildman–Crippen LogP) is 1.45. The van der Waals surface area contributed by atoms with Crippen LogP contribution >= 0.6 is 0 Å². The maximum absolute atomic E-state index is 11.9. The molecule has 2 amide bonds. The van der Waals surface area contributed by atoms with Gasteiger partial charge in [0, 0.05) is 18.7 Å². The Morgan fingerprint density at radius 1 is 1.05 bits per heavy atom. The molecule has 0 saturated carbocycles. The first-order chi connectivity index (χ1) is 10.1. The summed E-state index contributed by atoms with van der Waals surface area (Å²) in [5.74, 6) is 0.0701. The smallest absolute Gasteiger partial charge is 0.256 e. The number of rotatable bonds is 5. The summed E-state index contributed by atoms with van der Waals surface area (Å²) < 4.78 is 4.94. The molecule has 0 aliphatic rings. The standard InChI is InChI=1S/C15H17N3O3/c1-10-13(11(2)21-18-10)15(20)17-9-8-16-14(19)12-6-4-3-5-7-12/h3-7H,8-9H2,1-2H3,(H,16,19)(H,17,20). The lowest BCUT2D eigenvalue weighted by Gasteiger charge is -2.07. The van der Waals surface area contributed by atoms with Crippen LogP contribution in [0, 0.1) is 13.8 Å². The molecule has 110 valence electrons. The lowest BCUT2D eigenvalue weighted by molar-refractivity contribution is 0.0926. The molecule has 2 rings (SSSR count). The van der Waals surface area contributed by atoms with E-state index < -0.39 is 0 Å². The van der Waals surface area contributed by atoms with Crippen molar-refractivity contribution in [3.63, 3.8) is 0 Å². The van der Waals surface area contributed by atoms with E-state index in [9.17, 15) is 9.59 Å². The Morgan fingerprint density at radius 3 is 2.24 bits per heavy atom. The lowest BCUT2D eigenvalue weighted by atomic mass is 10.2. The average molecular weight is 287 g/mol. The molecule has 6 nitrogen and oxygen atoms in total. The van der Waals surface area contributed by atoms with Crippen molar-refractivity contribution >= 4 is 11.8 Å². The van der Waals surface area contributed by atoms with Crippen LogP contribution in [0.2, 0.25) is 0 Å². The quantitative estimate of drug-likeness (QED) is 0.815. The van der Waals surface area contributed by atoms with Gasteiger partial charge < -0.3 is 15.2 Å². The van der Waals surface area contributed by atoms with E-state index in [0.717, 1.165) is 0 Å². The molecule has 0 atom stereocenters.